The van der Waals surface area contributed by atoms with Crippen LogP contribution in [0.2, 0.25) is 0 Å². The zero-order chi connectivity index (χ0) is 27.2. The van der Waals surface area contributed by atoms with Crippen molar-refractivity contribution in [2.75, 3.05) is 18.0 Å². The number of nitrogens with zero attached hydrogens (tertiary/aromatic N) is 3. The van der Waals surface area contributed by atoms with Gasteiger partial charge in [-0.15, -0.1) is 0 Å². The number of hydrogen-bond acceptors (Lipinski definition) is 6. The maximum Gasteiger partial charge on any atom is 0.414 e. The van der Waals surface area contributed by atoms with E-state index in [4.69, 9.17) is 4.74 Å². The molecule has 0 spiro atoms. The van der Waals surface area contributed by atoms with Gasteiger partial charge in [-0.2, -0.15) is 0 Å². The Kier molecular flexibility index (Phi) is 7.95. The lowest BCUT2D eigenvalue weighted by molar-refractivity contribution is -0.119. The average molecular weight is 520 g/mol. The van der Waals surface area contributed by atoms with Gasteiger partial charge in [0.1, 0.15) is 11.9 Å². The molecule has 0 saturated carbocycles. The van der Waals surface area contributed by atoms with Gasteiger partial charge in [0.15, 0.2) is 0 Å². The van der Waals surface area contributed by atoms with E-state index in [1.807, 2.05) is 0 Å². The summed E-state index contributed by atoms with van der Waals surface area (Å²) >= 11 is 0. The number of nitrogens with one attached hydrogen (secondary N) is 2. The van der Waals surface area contributed by atoms with E-state index < -0.39 is 18.0 Å². The number of cyclic esters (lactones) is 1. The van der Waals surface area contributed by atoms with Gasteiger partial charge in [0.2, 0.25) is 11.8 Å². The van der Waals surface area contributed by atoms with Crippen LogP contribution in [0.3, 0.4) is 0 Å². The molecule has 1 fully saturated rings. The SMILES string of the molecule is CC(=O)NCC1CN(c2ccc(-c3ccc(CNC(=O)/C=C/c4cncn(C)c4=O)cc3)c(F)c2)C(=O)O1. The molecule has 1 saturated heterocycles. The molecule has 38 heavy (non-hydrogen) atoms. The molecule has 3 aromatic rings. The van der Waals surface area contributed by atoms with Crippen molar-refractivity contribution in [3.63, 3.8) is 0 Å². The average Bonchev–Trinajstić information content (AvgIpc) is 3.28. The third-order valence-electron chi connectivity index (χ3n) is 5.88. The number of aromatic nitrogens is 2. The van der Waals surface area contributed by atoms with Crippen LogP contribution in [0.4, 0.5) is 14.9 Å². The van der Waals surface area contributed by atoms with Crippen LogP contribution in [-0.2, 0) is 27.9 Å². The van der Waals surface area contributed by atoms with E-state index in [2.05, 4.69) is 15.6 Å². The fourth-order valence-corrected chi connectivity index (χ4v) is 3.86. The monoisotopic (exact) mass is 519 g/mol. The number of aryl methyl sites for hydroxylation is 1. The predicted molar refractivity (Wildman–Crippen MR) is 138 cm³/mol. The highest BCUT2D eigenvalue weighted by Crippen LogP contribution is 2.29. The van der Waals surface area contributed by atoms with Gasteiger partial charge in [-0.1, -0.05) is 24.3 Å². The van der Waals surface area contributed by atoms with Crippen molar-refractivity contribution < 1.29 is 23.5 Å². The topological polar surface area (TPSA) is 123 Å². The summed E-state index contributed by atoms with van der Waals surface area (Å²) < 4.78 is 21.5. The van der Waals surface area contributed by atoms with E-state index in [9.17, 15) is 23.6 Å². The minimum Gasteiger partial charge on any atom is -0.442 e. The lowest BCUT2D eigenvalue weighted by Crippen LogP contribution is -2.33. The number of carbonyl (C=O) groups is 3. The largest absolute Gasteiger partial charge is 0.442 e. The zero-order valence-electron chi connectivity index (χ0n) is 20.8. The molecule has 1 unspecified atom stereocenters. The Hall–Kier alpha value is -4.80. The highest BCUT2D eigenvalue weighted by molar-refractivity contribution is 5.91. The predicted octanol–water partition coefficient (Wildman–Crippen LogP) is 2.38. The molecule has 2 aromatic carbocycles. The third kappa shape index (κ3) is 6.30. The molecule has 0 aliphatic carbocycles. The summed E-state index contributed by atoms with van der Waals surface area (Å²) in [6, 6.07) is 11.5. The van der Waals surface area contributed by atoms with E-state index in [-0.39, 0.29) is 37.0 Å². The van der Waals surface area contributed by atoms with E-state index in [0.717, 1.165) is 5.56 Å². The van der Waals surface area contributed by atoms with E-state index in [1.54, 1.807) is 43.4 Å². The van der Waals surface area contributed by atoms with Crippen molar-refractivity contribution in [3.05, 3.63) is 88.4 Å². The summed E-state index contributed by atoms with van der Waals surface area (Å²) in [5.74, 6) is -1.11. The Morgan fingerprint density at radius 3 is 2.63 bits per heavy atom. The van der Waals surface area contributed by atoms with E-state index in [1.165, 1.54) is 47.1 Å². The Morgan fingerprint density at radius 2 is 1.92 bits per heavy atom. The summed E-state index contributed by atoms with van der Waals surface area (Å²) in [7, 11) is 1.58. The fourth-order valence-electron chi connectivity index (χ4n) is 3.86. The van der Waals surface area contributed by atoms with Crippen LogP contribution in [0.5, 0.6) is 0 Å². The van der Waals surface area contributed by atoms with Crippen LogP contribution in [0, 0.1) is 5.82 Å². The van der Waals surface area contributed by atoms with Crippen LogP contribution in [0.15, 0.2) is 65.9 Å². The van der Waals surface area contributed by atoms with Crippen molar-refractivity contribution in [2.24, 2.45) is 7.05 Å². The summed E-state index contributed by atoms with van der Waals surface area (Å²) in [4.78, 5) is 52.6. The van der Waals surface area contributed by atoms with Crippen LogP contribution in [0.1, 0.15) is 18.1 Å². The summed E-state index contributed by atoms with van der Waals surface area (Å²) in [6.45, 7) is 2.00. The smallest absolute Gasteiger partial charge is 0.414 e. The number of rotatable bonds is 8. The van der Waals surface area contributed by atoms with Gasteiger partial charge in [0, 0.05) is 38.4 Å². The first-order valence-electron chi connectivity index (χ1n) is 11.8. The molecule has 0 radical (unpaired) electrons. The number of halogens is 1. The highest BCUT2D eigenvalue weighted by atomic mass is 19.1. The van der Waals surface area contributed by atoms with Crippen molar-refractivity contribution >= 4 is 29.7 Å². The first-order chi connectivity index (χ1) is 18.2. The molecule has 2 heterocycles. The Balaban J connectivity index is 1.35. The molecule has 0 bridgehead atoms. The van der Waals surface area contributed by atoms with Crippen LogP contribution < -0.4 is 21.1 Å². The lowest BCUT2D eigenvalue weighted by atomic mass is 10.0. The number of benzene rings is 2. The molecular weight excluding hydrogens is 493 g/mol. The fraction of sp³-hybridized carbons (Fsp3) is 0.222. The minimum atomic E-state index is -0.600. The van der Waals surface area contributed by atoms with Crippen LogP contribution >= 0.6 is 0 Å². The van der Waals surface area contributed by atoms with Gasteiger partial charge in [-0.25, -0.2) is 14.2 Å². The van der Waals surface area contributed by atoms with Gasteiger partial charge in [0.05, 0.1) is 30.7 Å². The molecule has 196 valence electrons. The maximum absolute atomic E-state index is 15.0. The van der Waals surface area contributed by atoms with Crippen LogP contribution in [-0.4, -0.2) is 46.7 Å². The number of carbonyl (C=O) groups excluding carboxylic acids is 3. The normalized spacial score (nSPS) is 15.0. The summed E-state index contributed by atoms with van der Waals surface area (Å²) in [5, 5.41) is 5.33. The molecular formula is C27H26FN5O5. The molecule has 1 atom stereocenters. The minimum absolute atomic E-state index is 0.186. The first kappa shape index (κ1) is 26.3. The summed E-state index contributed by atoms with van der Waals surface area (Å²) in [5.41, 5.74) is 2.19. The molecule has 4 rings (SSSR count). The van der Waals surface area contributed by atoms with Gasteiger partial charge in [0.25, 0.3) is 5.56 Å². The van der Waals surface area contributed by atoms with Gasteiger partial charge < -0.3 is 19.9 Å². The number of anilines is 1. The highest BCUT2D eigenvalue weighted by Gasteiger charge is 2.32. The molecule has 10 nitrogen and oxygen atoms in total. The maximum atomic E-state index is 15.0. The number of ether oxygens (including phenoxy) is 1. The van der Waals surface area contributed by atoms with Crippen molar-refractivity contribution in [2.45, 2.75) is 19.6 Å². The van der Waals surface area contributed by atoms with Crippen molar-refractivity contribution in [1.29, 1.82) is 0 Å². The molecule has 1 aliphatic heterocycles. The second-order valence-corrected chi connectivity index (χ2v) is 8.73. The second-order valence-electron chi connectivity index (χ2n) is 8.73. The van der Waals surface area contributed by atoms with Gasteiger partial charge in [-0.3, -0.25) is 19.3 Å². The molecule has 11 heteroatoms. The van der Waals surface area contributed by atoms with Crippen LogP contribution in [0.25, 0.3) is 17.2 Å². The molecule has 1 aromatic heterocycles. The third-order valence-corrected chi connectivity index (χ3v) is 5.88. The molecule has 3 amide bonds. The van der Waals surface area contributed by atoms with Crippen molar-refractivity contribution in [1.82, 2.24) is 20.2 Å². The van der Waals surface area contributed by atoms with E-state index >= 15 is 0 Å². The quantitative estimate of drug-likeness (QED) is 0.441. The lowest BCUT2D eigenvalue weighted by Gasteiger charge is -2.15. The summed E-state index contributed by atoms with van der Waals surface area (Å²) in [6.07, 6.45) is 4.34. The van der Waals surface area contributed by atoms with E-state index in [0.29, 0.717) is 22.4 Å². The van der Waals surface area contributed by atoms with Gasteiger partial charge in [-0.05, 0) is 35.4 Å². The van der Waals surface area contributed by atoms with Crippen molar-refractivity contribution in [3.8, 4) is 11.1 Å². The Labute approximate surface area is 217 Å². The number of hydrogen-bond donors (Lipinski definition) is 2. The first-order valence-corrected chi connectivity index (χ1v) is 11.8. The van der Waals surface area contributed by atoms with Gasteiger partial charge >= 0.3 is 6.09 Å². The Bertz CT molecular complexity index is 1450. The molecule has 2 N–H and O–H groups in total. The molecule has 1 aliphatic rings. The number of amides is 3. The second kappa shape index (κ2) is 11.5. The Morgan fingerprint density at radius 1 is 1.16 bits per heavy atom. The zero-order valence-corrected chi connectivity index (χ0v) is 20.8. The standard InChI is InChI=1S/C27H26FN5O5/c1-17(34)30-14-22-15-33(27(37)38-22)21-8-9-23(24(28)11-21)19-5-3-18(4-6-19)12-31-25(35)10-7-20-13-29-16-32(2)26(20)36/h3-11,13,16,22H,12,14-15H2,1-2H3,(H,30,34)(H,31,35)/b10-7+.